The van der Waals surface area contributed by atoms with Crippen LogP contribution in [0.25, 0.3) is 0 Å². The van der Waals surface area contributed by atoms with Crippen molar-refractivity contribution in [1.29, 1.82) is 0 Å². The van der Waals surface area contributed by atoms with Crippen LogP contribution in [-0.2, 0) is 49.5 Å². The summed E-state index contributed by atoms with van der Waals surface area (Å²) < 4.78 is 27.5. The van der Waals surface area contributed by atoms with Crippen LogP contribution in [0.2, 0.25) is 10.0 Å². The molecule has 0 radical (unpaired) electrons. The number of nitrogens with one attached hydrogen (secondary N) is 1. The van der Waals surface area contributed by atoms with Gasteiger partial charge in [-0.05, 0) is 17.7 Å². The molecule has 1 aromatic rings. The van der Waals surface area contributed by atoms with Crippen molar-refractivity contribution in [1.82, 2.24) is 5.32 Å². The monoisotopic (exact) mass is 505 g/mol. The topological polar surface area (TPSA) is 126 Å². The molecule has 1 aliphatic heterocycles. The molecule has 182 valence electrons. The third-order valence-electron chi connectivity index (χ3n) is 4.49. The summed E-state index contributed by atoms with van der Waals surface area (Å²) in [6.45, 7) is 4.40. The van der Waals surface area contributed by atoms with Crippen molar-refractivity contribution in [3.05, 3.63) is 33.8 Å². The molecule has 2 rings (SSSR count). The molecule has 0 saturated carbocycles. The molecule has 1 heterocycles. The van der Waals surface area contributed by atoms with Gasteiger partial charge in [-0.15, -0.1) is 0 Å². The zero-order valence-corrected chi connectivity index (χ0v) is 20.0. The highest BCUT2D eigenvalue weighted by atomic mass is 35.5. The van der Waals surface area contributed by atoms with Gasteiger partial charge >= 0.3 is 17.9 Å². The average molecular weight is 506 g/mol. The quantitative estimate of drug-likeness (QED) is 0.417. The number of carbonyl (C=O) groups excluding carboxylic acids is 4. The van der Waals surface area contributed by atoms with E-state index in [2.05, 4.69) is 5.32 Å². The summed E-state index contributed by atoms with van der Waals surface area (Å²) in [4.78, 5) is 46.8. The van der Waals surface area contributed by atoms with E-state index in [1.165, 1.54) is 19.9 Å². The Morgan fingerprint density at radius 3 is 2.15 bits per heavy atom. The highest BCUT2D eigenvalue weighted by Crippen LogP contribution is 2.29. The lowest BCUT2D eigenvalue weighted by atomic mass is 9.96. The molecule has 1 aliphatic rings. The van der Waals surface area contributed by atoms with Crippen molar-refractivity contribution >= 4 is 47.0 Å². The minimum atomic E-state index is -1.20. The van der Waals surface area contributed by atoms with Gasteiger partial charge in [0.1, 0.15) is 18.8 Å². The fraction of sp³-hybridized carbons (Fsp3) is 0.524. The first kappa shape index (κ1) is 26.8. The van der Waals surface area contributed by atoms with E-state index in [4.69, 9.17) is 46.9 Å². The second kappa shape index (κ2) is 12.2. The molecule has 0 aliphatic carbocycles. The molecule has 1 N–H and O–H groups in total. The number of rotatable bonds is 8. The van der Waals surface area contributed by atoms with Gasteiger partial charge in [-0.1, -0.05) is 29.3 Å². The number of hydrogen-bond acceptors (Lipinski definition) is 9. The standard InChI is InChI=1S/C21H25Cl2NO9/c1-10(25)24-18-20(32-13(4)28)19(31-12(3)27)17(9-29-11(2)26)33-21(18)30-8-14-5-6-15(22)7-16(14)23/h5-7,17-21H,8-9H2,1-4H3,(H,24,25). The Morgan fingerprint density at radius 1 is 0.970 bits per heavy atom. The summed E-state index contributed by atoms with van der Waals surface area (Å²) in [6, 6.07) is 3.76. The summed E-state index contributed by atoms with van der Waals surface area (Å²) in [6.07, 6.45) is -4.63. The average Bonchev–Trinajstić information content (AvgIpc) is 2.68. The molecule has 0 spiro atoms. The van der Waals surface area contributed by atoms with Crippen molar-refractivity contribution in [3.63, 3.8) is 0 Å². The smallest absolute Gasteiger partial charge is 0.303 e. The Balaban J connectivity index is 2.38. The lowest BCUT2D eigenvalue weighted by molar-refractivity contribution is -0.280. The molecule has 0 aromatic heterocycles. The van der Waals surface area contributed by atoms with Gasteiger partial charge in [0.05, 0.1) is 6.61 Å². The minimum Gasteiger partial charge on any atom is -0.463 e. The molecular formula is C21H25Cl2NO9. The first-order valence-electron chi connectivity index (χ1n) is 9.93. The Bertz CT molecular complexity index is 894. The maximum Gasteiger partial charge on any atom is 0.303 e. The van der Waals surface area contributed by atoms with E-state index in [0.717, 1.165) is 13.8 Å². The van der Waals surface area contributed by atoms with Gasteiger partial charge in [0, 0.05) is 37.7 Å². The molecule has 33 heavy (non-hydrogen) atoms. The number of esters is 3. The van der Waals surface area contributed by atoms with E-state index in [0.29, 0.717) is 15.6 Å². The molecule has 5 atom stereocenters. The largest absolute Gasteiger partial charge is 0.463 e. The molecule has 1 aromatic carbocycles. The first-order valence-corrected chi connectivity index (χ1v) is 10.7. The Hall–Kier alpha value is -2.40. The highest BCUT2D eigenvalue weighted by molar-refractivity contribution is 6.35. The van der Waals surface area contributed by atoms with Crippen LogP contribution in [0.4, 0.5) is 0 Å². The zero-order valence-electron chi connectivity index (χ0n) is 18.5. The van der Waals surface area contributed by atoms with E-state index in [-0.39, 0.29) is 13.2 Å². The molecular weight excluding hydrogens is 481 g/mol. The maximum atomic E-state index is 11.9. The third kappa shape index (κ3) is 8.15. The fourth-order valence-electron chi connectivity index (χ4n) is 3.24. The number of hydrogen-bond donors (Lipinski definition) is 1. The van der Waals surface area contributed by atoms with Crippen molar-refractivity contribution in [2.45, 2.75) is 64.9 Å². The number of carbonyl (C=O) groups is 4. The number of amides is 1. The van der Waals surface area contributed by atoms with Crippen LogP contribution in [0.5, 0.6) is 0 Å². The predicted octanol–water partition coefficient (Wildman–Crippen LogP) is 2.17. The van der Waals surface area contributed by atoms with Crippen molar-refractivity contribution < 1.29 is 42.9 Å². The summed E-state index contributed by atoms with van der Waals surface area (Å²) >= 11 is 12.1. The summed E-state index contributed by atoms with van der Waals surface area (Å²) in [5, 5.41) is 3.40. The van der Waals surface area contributed by atoms with Crippen molar-refractivity contribution in [3.8, 4) is 0 Å². The summed E-state index contributed by atoms with van der Waals surface area (Å²) in [7, 11) is 0. The lowest BCUT2D eigenvalue weighted by Crippen LogP contribution is -2.66. The van der Waals surface area contributed by atoms with E-state index < -0.39 is 54.5 Å². The normalized spacial score (nSPS) is 24.5. The molecule has 1 saturated heterocycles. The van der Waals surface area contributed by atoms with E-state index in [9.17, 15) is 19.2 Å². The second-order valence-electron chi connectivity index (χ2n) is 7.27. The van der Waals surface area contributed by atoms with Gasteiger partial charge < -0.3 is 29.0 Å². The Morgan fingerprint density at radius 2 is 1.61 bits per heavy atom. The number of halogens is 2. The van der Waals surface area contributed by atoms with Crippen LogP contribution in [0.15, 0.2) is 18.2 Å². The number of benzene rings is 1. The summed E-state index contributed by atoms with van der Waals surface area (Å²) in [5.74, 6) is -2.46. The highest BCUT2D eigenvalue weighted by Gasteiger charge is 2.51. The first-order chi connectivity index (χ1) is 15.5. The molecule has 12 heteroatoms. The van der Waals surface area contributed by atoms with Gasteiger partial charge in [-0.3, -0.25) is 19.2 Å². The maximum absolute atomic E-state index is 11.9. The van der Waals surface area contributed by atoms with Crippen molar-refractivity contribution in [2.24, 2.45) is 0 Å². The van der Waals surface area contributed by atoms with Crippen LogP contribution < -0.4 is 5.32 Å². The summed E-state index contributed by atoms with van der Waals surface area (Å²) in [5.41, 5.74) is 0.578. The van der Waals surface area contributed by atoms with Gasteiger partial charge in [-0.25, -0.2) is 0 Å². The third-order valence-corrected chi connectivity index (χ3v) is 5.08. The van der Waals surface area contributed by atoms with E-state index in [1.54, 1.807) is 12.1 Å². The van der Waals surface area contributed by atoms with Crippen LogP contribution in [0.1, 0.15) is 33.3 Å². The Labute approximate surface area is 200 Å². The minimum absolute atomic E-state index is 0.0535. The van der Waals surface area contributed by atoms with E-state index >= 15 is 0 Å². The molecule has 10 nitrogen and oxygen atoms in total. The molecule has 0 bridgehead atoms. The predicted molar refractivity (Wildman–Crippen MR) is 115 cm³/mol. The van der Waals surface area contributed by atoms with Gasteiger partial charge in [0.2, 0.25) is 5.91 Å². The van der Waals surface area contributed by atoms with E-state index in [1.807, 2.05) is 0 Å². The Kier molecular flexibility index (Phi) is 9.90. The zero-order chi connectivity index (χ0) is 24.7. The molecule has 1 amide bonds. The molecule has 5 unspecified atom stereocenters. The van der Waals surface area contributed by atoms with Gasteiger partial charge in [0.25, 0.3) is 0 Å². The van der Waals surface area contributed by atoms with Crippen LogP contribution in [-0.4, -0.2) is 61.1 Å². The SMILES string of the molecule is CC(=O)NC1C(OCc2ccc(Cl)cc2Cl)OC(COC(C)=O)C(OC(C)=O)C1OC(C)=O. The second-order valence-corrected chi connectivity index (χ2v) is 8.11. The van der Waals surface area contributed by atoms with Crippen LogP contribution >= 0.6 is 23.2 Å². The fourth-order valence-corrected chi connectivity index (χ4v) is 3.71. The van der Waals surface area contributed by atoms with Gasteiger partial charge in [-0.2, -0.15) is 0 Å². The van der Waals surface area contributed by atoms with Gasteiger partial charge in [0.15, 0.2) is 18.5 Å². The number of ether oxygens (including phenoxy) is 5. The van der Waals surface area contributed by atoms with Crippen LogP contribution in [0, 0.1) is 0 Å². The van der Waals surface area contributed by atoms with Crippen LogP contribution in [0.3, 0.4) is 0 Å². The van der Waals surface area contributed by atoms with Crippen molar-refractivity contribution in [2.75, 3.05) is 6.61 Å². The lowest BCUT2D eigenvalue weighted by Gasteiger charge is -2.44. The molecule has 1 fully saturated rings.